The minimum atomic E-state index is 0.652. The molecule has 0 saturated carbocycles. The fourth-order valence-corrected chi connectivity index (χ4v) is 2.17. The first kappa shape index (κ1) is 9.72. The predicted octanol–water partition coefficient (Wildman–Crippen LogP) is 2.40. The fraction of sp³-hybridized carbons (Fsp3) is 0.538. The smallest absolute Gasteiger partial charge is 0.0131 e. The molecule has 76 valence electrons. The summed E-state index contributed by atoms with van der Waals surface area (Å²) in [5.74, 6) is 0.723. The normalized spacial score (nSPS) is 21.8. The molecule has 0 fully saturated rings. The topological polar surface area (TPSA) is 12.0 Å². The number of benzene rings is 1. The fourth-order valence-electron chi connectivity index (χ4n) is 2.17. The van der Waals surface area contributed by atoms with E-state index in [0.29, 0.717) is 6.04 Å². The molecule has 1 aromatic carbocycles. The summed E-state index contributed by atoms with van der Waals surface area (Å²) in [6.45, 7) is 5.72. The van der Waals surface area contributed by atoms with E-state index in [-0.39, 0.29) is 0 Å². The van der Waals surface area contributed by atoms with Crippen LogP contribution in [0, 0.1) is 5.92 Å². The van der Waals surface area contributed by atoms with Crippen LogP contribution in [0.5, 0.6) is 0 Å². The molecule has 1 aliphatic heterocycles. The lowest BCUT2D eigenvalue weighted by molar-refractivity contribution is 0.408. The molecule has 0 radical (unpaired) electrons. The Labute approximate surface area is 86.5 Å². The van der Waals surface area contributed by atoms with Crippen LogP contribution in [0.2, 0.25) is 0 Å². The number of rotatable bonds is 1. The average molecular weight is 189 g/mol. The Morgan fingerprint density at radius 2 is 1.93 bits per heavy atom. The monoisotopic (exact) mass is 189 g/mol. The van der Waals surface area contributed by atoms with E-state index in [2.05, 4.69) is 43.4 Å². The van der Waals surface area contributed by atoms with Gasteiger partial charge in [0.2, 0.25) is 0 Å². The van der Waals surface area contributed by atoms with E-state index < -0.39 is 0 Å². The van der Waals surface area contributed by atoms with Gasteiger partial charge in [0.05, 0.1) is 0 Å². The van der Waals surface area contributed by atoms with E-state index in [0.717, 1.165) is 12.5 Å². The van der Waals surface area contributed by atoms with E-state index in [1.165, 1.54) is 24.0 Å². The molecule has 0 aliphatic carbocycles. The molecule has 1 atom stereocenters. The Balaban J connectivity index is 2.22. The summed E-state index contributed by atoms with van der Waals surface area (Å²) in [6.07, 6.45) is 2.37. The summed E-state index contributed by atoms with van der Waals surface area (Å²) in [5.41, 5.74) is 3.07. The summed E-state index contributed by atoms with van der Waals surface area (Å²) < 4.78 is 0. The zero-order valence-electron chi connectivity index (χ0n) is 9.09. The lowest BCUT2D eigenvalue weighted by Crippen LogP contribution is -2.35. The molecule has 1 nitrogen and oxygen atoms in total. The van der Waals surface area contributed by atoms with Crippen LogP contribution in [0.3, 0.4) is 0 Å². The van der Waals surface area contributed by atoms with Crippen molar-refractivity contribution in [3.8, 4) is 0 Å². The second kappa shape index (κ2) is 4.14. The molecule has 2 rings (SSSR count). The largest absolute Gasteiger partial charge is 0.313 e. The van der Waals surface area contributed by atoms with E-state index in [1.807, 2.05) is 0 Å². The molecule has 1 aliphatic rings. The van der Waals surface area contributed by atoms with Gasteiger partial charge in [-0.05, 0) is 36.4 Å². The third-order valence-corrected chi connectivity index (χ3v) is 3.16. The highest BCUT2D eigenvalue weighted by Crippen LogP contribution is 2.18. The highest BCUT2D eigenvalue weighted by atomic mass is 14.9. The summed E-state index contributed by atoms with van der Waals surface area (Å²) in [6, 6.07) is 9.49. The van der Waals surface area contributed by atoms with Crippen LogP contribution >= 0.6 is 0 Å². The molecular weight excluding hydrogens is 170 g/mol. The van der Waals surface area contributed by atoms with Gasteiger partial charge >= 0.3 is 0 Å². The van der Waals surface area contributed by atoms with Gasteiger partial charge in [-0.1, -0.05) is 38.1 Å². The van der Waals surface area contributed by atoms with Gasteiger partial charge in [0.15, 0.2) is 0 Å². The Morgan fingerprint density at radius 3 is 2.64 bits per heavy atom. The molecule has 1 heteroatoms. The van der Waals surface area contributed by atoms with Crippen LogP contribution in [-0.2, 0) is 12.8 Å². The van der Waals surface area contributed by atoms with Crippen molar-refractivity contribution in [1.82, 2.24) is 5.32 Å². The highest BCUT2D eigenvalue weighted by molar-refractivity contribution is 5.29. The molecule has 1 N–H and O–H groups in total. The van der Waals surface area contributed by atoms with Crippen molar-refractivity contribution >= 4 is 0 Å². The van der Waals surface area contributed by atoms with Crippen LogP contribution in [0.1, 0.15) is 25.0 Å². The Bertz CT molecular complexity index is 304. The van der Waals surface area contributed by atoms with Crippen LogP contribution in [0.4, 0.5) is 0 Å². The van der Waals surface area contributed by atoms with Crippen molar-refractivity contribution in [2.45, 2.75) is 32.7 Å². The maximum Gasteiger partial charge on any atom is 0.0131 e. The molecule has 14 heavy (non-hydrogen) atoms. The standard InChI is InChI=1S/C13H19N/c1-10(2)13-9-12-6-4-3-5-11(12)7-8-14-13/h3-6,10,13-14H,7-9H2,1-2H3/t13-/m1/s1. The third-order valence-electron chi connectivity index (χ3n) is 3.16. The first-order chi connectivity index (χ1) is 6.77. The van der Waals surface area contributed by atoms with Crippen LogP contribution in [0.25, 0.3) is 0 Å². The average Bonchev–Trinajstić information content (AvgIpc) is 2.39. The maximum absolute atomic E-state index is 3.63. The van der Waals surface area contributed by atoms with Crippen molar-refractivity contribution in [3.63, 3.8) is 0 Å². The Hall–Kier alpha value is -0.820. The minimum Gasteiger partial charge on any atom is -0.313 e. The van der Waals surface area contributed by atoms with E-state index in [9.17, 15) is 0 Å². The van der Waals surface area contributed by atoms with Gasteiger partial charge in [0.25, 0.3) is 0 Å². The van der Waals surface area contributed by atoms with E-state index in [4.69, 9.17) is 0 Å². The molecule has 0 saturated heterocycles. The van der Waals surface area contributed by atoms with Crippen molar-refractivity contribution in [2.24, 2.45) is 5.92 Å². The molecule has 1 heterocycles. The van der Waals surface area contributed by atoms with Gasteiger partial charge in [0, 0.05) is 6.04 Å². The lowest BCUT2D eigenvalue weighted by Gasteiger charge is -2.20. The van der Waals surface area contributed by atoms with Crippen LogP contribution < -0.4 is 5.32 Å². The summed E-state index contributed by atoms with van der Waals surface area (Å²) >= 11 is 0. The van der Waals surface area contributed by atoms with Crippen LogP contribution in [0.15, 0.2) is 24.3 Å². The van der Waals surface area contributed by atoms with Gasteiger partial charge in [-0.2, -0.15) is 0 Å². The van der Waals surface area contributed by atoms with Crippen molar-refractivity contribution in [2.75, 3.05) is 6.54 Å². The second-order valence-electron chi connectivity index (χ2n) is 4.53. The van der Waals surface area contributed by atoms with E-state index in [1.54, 1.807) is 0 Å². The van der Waals surface area contributed by atoms with Crippen LogP contribution in [-0.4, -0.2) is 12.6 Å². The molecule has 0 spiro atoms. The number of hydrogen-bond acceptors (Lipinski definition) is 1. The molecule has 0 unspecified atom stereocenters. The third kappa shape index (κ3) is 1.98. The van der Waals surface area contributed by atoms with Crippen molar-refractivity contribution < 1.29 is 0 Å². The van der Waals surface area contributed by atoms with Gasteiger partial charge in [-0.15, -0.1) is 0 Å². The summed E-state index contributed by atoms with van der Waals surface area (Å²) in [7, 11) is 0. The zero-order chi connectivity index (χ0) is 9.97. The SMILES string of the molecule is CC(C)[C@H]1Cc2ccccc2CCN1. The maximum atomic E-state index is 3.63. The van der Waals surface area contributed by atoms with E-state index >= 15 is 0 Å². The highest BCUT2D eigenvalue weighted by Gasteiger charge is 2.17. The molecular formula is C13H19N. The number of fused-ring (bicyclic) bond motifs is 1. The van der Waals surface area contributed by atoms with Gasteiger partial charge < -0.3 is 5.32 Å². The van der Waals surface area contributed by atoms with Gasteiger partial charge in [0.1, 0.15) is 0 Å². The first-order valence-electron chi connectivity index (χ1n) is 5.57. The molecule has 0 amide bonds. The lowest BCUT2D eigenvalue weighted by atomic mass is 9.95. The second-order valence-corrected chi connectivity index (χ2v) is 4.53. The summed E-state index contributed by atoms with van der Waals surface area (Å²) in [4.78, 5) is 0. The van der Waals surface area contributed by atoms with Gasteiger partial charge in [-0.25, -0.2) is 0 Å². The van der Waals surface area contributed by atoms with Gasteiger partial charge in [-0.3, -0.25) is 0 Å². The van der Waals surface area contributed by atoms with Crippen molar-refractivity contribution in [3.05, 3.63) is 35.4 Å². The molecule has 1 aromatic rings. The minimum absolute atomic E-state index is 0.652. The Kier molecular flexibility index (Phi) is 2.87. The zero-order valence-corrected chi connectivity index (χ0v) is 9.09. The quantitative estimate of drug-likeness (QED) is 0.715. The summed E-state index contributed by atoms with van der Waals surface area (Å²) in [5, 5.41) is 3.63. The first-order valence-corrected chi connectivity index (χ1v) is 5.57. The number of nitrogens with one attached hydrogen (secondary N) is 1. The Morgan fingerprint density at radius 1 is 1.21 bits per heavy atom. The molecule has 0 aromatic heterocycles. The molecule has 0 bridgehead atoms. The van der Waals surface area contributed by atoms with Crippen molar-refractivity contribution in [1.29, 1.82) is 0 Å². The number of hydrogen-bond donors (Lipinski definition) is 1. The predicted molar refractivity (Wildman–Crippen MR) is 60.5 cm³/mol.